The second-order valence-corrected chi connectivity index (χ2v) is 6.80. The fourth-order valence-electron chi connectivity index (χ4n) is 3.22. The van der Waals surface area contributed by atoms with E-state index in [1.54, 1.807) is 19.1 Å². The van der Waals surface area contributed by atoms with Crippen LogP contribution in [-0.2, 0) is 34.4 Å². The molecule has 0 saturated carbocycles. The van der Waals surface area contributed by atoms with Gasteiger partial charge in [-0.25, -0.2) is 4.79 Å². The summed E-state index contributed by atoms with van der Waals surface area (Å²) in [6.07, 6.45) is 0.271. The van der Waals surface area contributed by atoms with Gasteiger partial charge in [0.1, 0.15) is 19.5 Å². The second kappa shape index (κ2) is 9.47. The molecule has 0 N–H and O–H groups in total. The van der Waals surface area contributed by atoms with Gasteiger partial charge in [0.2, 0.25) is 0 Å². The van der Waals surface area contributed by atoms with Crippen LogP contribution >= 0.6 is 11.6 Å². The van der Waals surface area contributed by atoms with Crippen molar-refractivity contribution in [2.45, 2.75) is 20.0 Å². The third-order valence-electron chi connectivity index (χ3n) is 4.59. The third kappa shape index (κ3) is 4.71. The number of rotatable bonds is 8. The lowest BCUT2D eigenvalue weighted by Crippen LogP contribution is -2.21. The average Bonchev–Trinajstić information content (AvgIpc) is 2.99. The maximum atomic E-state index is 12.3. The highest BCUT2D eigenvalue weighted by Gasteiger charge is 2.22. The molecule has 0 spiro atoms. The van der Waals surface area contributed by atoms with Crippen molar-refractivity contribution < 1.29 is 19.1 Å². The highest BCUT2D eigenvalue weighted by atomic mass is 35.5. The molecule has 0 saturated heterocycles. The van der Waals surface area contributed by atoms with Crippen LogP contribution in [0.3, 0.4) is 0 Å². The zero-order chi connectivity index (χ0) is 20.8. The smallest absolute Gasteiger partial charge is 0.356 e. The van der Waals surface area contributed by atoms with E-state index < -0.39 is 5.97 Å². The van der Waals surface area contributed by atoms with E-state index in [1.165, 1.54) is 7.11 Å². The van der Waals surface area contributed by atoms with Crippen LogP contribution in [0.1, 0.15) is 18.2 Å². The Kier molecular flexibility index (Phi) is 6.77. The number of ether oxygens (including phenoxy) is 2. The van der Waals surface area contributed by atoms with Crippen LogP contribution < -0.4 is 4.74 Å². The molecule has 7 heteroatoms. The number of esters is 1. The van der Waals surface area contributed by atoms with Crippen LogP contribution in [0.5, 0.6) is 5.75 Å². The molecule has 0 radical (unpaired) electrons. The standard InChI is InChI=1S/C22H23ClN2O4/c1-4-28-22(26)19(24-27-3)13-18-17-7-5-6-8-20(17)25(2)21(18)14-29-16-11-9-15(23)10-12-16/h5-12H,4,13-14H2,1-3H3/b24-19-. The summed E-state index contributed by atoms with van der Waals surface area (Å²) in [7, 11) is 3.39. The van der Waals surface area contributed by atoms with Gasteiger partial charge in [0.05, 0.1) is 12.3 Å². The number of hydrogen-bond donors (Lipinski definition) is 0. The fraction of sp³-hybridized carbons (Fsp3) is 0.273. The molecule has 3 rings (SSSR count). The van der Waals surface area contributed by atoms with Gasteiger partial charge in [-0.2, -0.15) is 0 Å². The van der Waals surface area contributed by atoms with E-state index in [0.29, 0.717) is 17.4 Å². The number of carbonyl (C=O) groups is 1. The van der Waals surface area contributed by atoms with Gasteiger partial charge in [0.15, 0.2) is 5.71 Å². The highest BCUT2D eigenvalue weighted by molar-refractivity contribution is 6.37. The van der Waals surface area contributed by atoms with E-state index in [9.17, 15) is 4.79 Å². The molecule has 3 aromatic rings. The minimum absolute atomic E-state index is 0.207. The van der Waals surface area contributed by atoms with E-state index in [2.05, 4.69) is 9.72 Å². The topological polar surface area (TPSA) is 62.0 Å². The molecule has 0 aliphatic heterocycles. The van der Waals surface area contributed by atoms with Crippen LogP contribution in [-0.4, -0.2) is 30.0 Å². The van der Waals surface area contributed by atoms with Gasteiger partial charge in [0.25, 0.3) is 0 Å². The molecule has 0 fully saturated rings. The number of nitrogens with zero attached hydrogens (tertiary/aromatic N) is 2. The van der Waals surface area contributed by atoms with E-state index in [1.807, 2.05) is 43.4 Å². The summed E-state index contributed by atoms with van der Waals surface area (Å²) in [6, 6.07) is 15.2. The number of hydrogen-bond acceptors (Lipinski definition) is 5. The molecule has 1 aromatic heterocycles. The maximum Gasteiger partial charge on any atom is 0.356 e. The van der Waals surface area contributed by atoms with E-state index in [-0.39, 0.29) is 18.7 Å². The average molecular weight is 415 g/mol. The molecule has 6 nitrogen and oxygen atoms in total. The van der Waals surface area contributed by atoms with Crippen molar-refractivity contribution in [3.05, 3.63) is 64.8 Å². The molecule has 0 unspecified atom stereocenters. The summed E-state index contributed by atoms with van der Waals surface area (Å²) in [5.74, 6) is 0.216. The van der Waals surface area contributed by atoms with Crippen molar-refractivity contribution in [1.82, 2.24) is 4.57 Å². The van der Waals surface area contributed by atoms with E-state index in [0.717, 1.165) is 22.2 Å². The summed E-state index contributed by atoms with van der Waals surface area (Å²) in [5.41, 5.74) is 3.13. The number of carbonyl (C=O) groups excluding carboxylic acids is 1. The summed E-state index contributed by atoms with van der Waals surface area (Å²) in [6.45, 7) is 2.35. The molecular weight excluding hydrogens is 392 g/mol. The summed E-state index contributed by atoms with van der Waals surface area (Å²) in [4.78, 5) is 17.2. The van der Waals surface area contributed by atoms with Crippen molar-refractivity contribution in [2.75, 3.05) is 13.7 Å². The molecule has 1 heterocycles. The molecule has 0 amide bonds. The SMILES string of the molecule is CCOC(=O)/C(Cc1c(COc2ccc(Cl)cc2)n(C)c2ccccc12)=N\OC. The highest BCUT2D eigenvalue weighted by Crippen LogP contribution is 2.28. The zero-order valence-corrected chi connectivity index (χ0v) is 17.4. The number of aryl methyl sites for hydroxylation is 1. The van der Waals surface area contributed by atoms with Crippen molar-refractivity contribution in [3.8, 4) is 5.75 Å². The molecule has 152 valence electrons. The van der Waals surface area contributed by atoms with E-state index in [4.69, 9.17) is 25.9 Å². The van der Waals surface area contributed by atoms with Gasteiger partial charge >= 0.3 is 5.97 Å². The quantitative estimate of drug-likeness (QED) is 0.309. The van der Waals surface area contributed by atoms with Gasteiger partial charge in [-0.05, 0) is 42.8 Å². The van der Waals surface area contributed by atoms with Gasteiger partial charge in [0, 0.05) is 29.4 Å². The molecular formula is C22H23ClN2O4. The second-order valence-electron chi connectivity index (χ2n) is 6.36. The Morgan fingerprint density at radius 2 is 1.86 bits per heavy atom. The molecule has 29 heavy (non-hydrogen) atoms. The van der Waals surface area contributed by atoms with E-state index >= 15 is 0 Å². The first kappa shape index (κ1) is 20.7. The summed E-state index contributed by atoms with van der Waals surface area (Å²) in [5, 5.41) is 5.58. The monoisotopic (exact) mass is 414 g/mol. The lowest BCUT2D eigenvalue weighted by molar-refractivity contribution is -0.135. The zero-order valence-electron chi connectivity index (χ0n) is 16.6. The Hall–Kier alpha value is -2.99. The molecule has 0 atom stereocenters. The lowest BCUT2D eigenvalue weighted by atomic mass is 10.0. The first-order chi connectivity index (χ1) is 14.0. The molecule has 2 aromatic carbocycles. The Morgan fingerprint density at radius 1 is 1.14 bits per heavy atom. The van der Waals surface area contributed by atoms with Gasteiger partial charge in [-0.1, -0.05) is 35.0 Å². The first-order valence-electron chi connectivity index (χ1n) is 9.25. The Balaban J connectivity index is 1.98. The summed E-state index contributed by atoms with van der Waals surface area (Å²) >= 11 is 5.95. The lowest BCUT2D eigenvalue weighted by Gasteiger charge is -2.11. The third-order valence-corrected chi connectivity index (χ3v) is 4.84. The largest absolute Gasteiger partial charge is 0.487 e. The van der Waals surface area contributed by atoms with Crippen LogP contribution in [0.15, 0.2) is 53.7 Å². The molecule has 0 aliphatic rings. The van der Waals surface area contributed by atoms with Gasteiger partial charge < -0.3 is 18.9 Å². The Morgan fingerprint density at radius 3 is 2.55 bits per heavy atom. The molecule has 0 bridgehead atoms. The fourth-order valence-corrected chi connectivity index (χ4v) is 3.35. The van der Waals surface area contributed by atoms with Crippen molar-refractivity contribution in [1.29, 1.82) is 0 Å². The number of aromatic nitrogens is 1. The minimum atomic E-state index is -0.494. The molecule has 0 aliphatic carbocycles. The number of benzene rings is 2. The van der Waals surface area contributed by atoms with Crippen LogP contribution in [0.25, 0.3) is 10.9 Å². The number of fused-ring (bicyclic) bond motifs is 1. The maximum absolute atomic E-state index is 12.3. The predicted octanol–water partition coefficient (Wildman–Crippen LogP) is 4.52. The normalized spacial score (nSPS) is 11.5. The van der Waals surface area contributed by atoms with Gasteiger partial charge in [-0.15, -0.1) is 0 Å². The Labute approximate surface area is 174 Å². The first-order valence-corrected chi connectivity index (χ1v) is 9.63. The van der Waals surface area contributed by atoms with Crippen molar-refractivity contribution >= 4 is 34.2 Å². The van der Waals surface area contributed by atoms with Crippen molar-refractivity contribution in [3.63, 3.8) is 0 Å². The predicted molar refractivity (Wildman–Crippen MR) is 113 cm³/mol. The van der Waals surface area contributed by atoms with Crippen LogP contribution in [0, 0.1) is 0 Å². The number of para-hydroxylation sites is 1. The summed E-state index contributed by atoms with van der Waals surface area (Å²) < 4.78 is 13.2. The number of oxime groups is 1. The number of halogens is 1. The van der Waals surface area contributed by atoms with Crippen LogP contribution in [0.4, 0.5) is 0 Å². The Bertz CT molecular complexity index is 1030. The van der Waals surface area contributed by atoms with Gasteiger partial charge in [-0.3, -0.25) is 0 Å². The van der Waals surface area contributed by atoms with Crippen molar-refractivity contribution in [2.24, 2.45) is 12.2 Å². The van der Waals surface area contributed by atoms with Crippen LogP contribution in [0.2, 0.25) is 5.02 Å². The minimum Gasteiger partial charge on any atom is -0.487 e.